The molecule has 0 radical (unpaired) electrons. The van der Waals surface area contributed by atoms with Gasteiger partial charge in [0.1, 0.15) is 13.1 Å². The first-order valence-electron chi connectivity index (χ1n) is 6.59. The number of carbonyl (C=O) groups excluding carboxylic acids is 4. The second-order valence-corrected chi connectivity index (χ2v) is 5.17. The van der Waals surface area contributed by atoms with Crippen molar-refractivity contribution in [3.8, 4) is 0 Å². The normalized spacial score (nSPS) is 26.6. The molecule has 7 nitrogen and oxygen atoms in total. The summed E-state index contributed by atoms with van der Waals surface area (Å²) in [6, 6.07) is 0. The number of carbonyl (C=O) groups is 4. The highest BCUT2D eigenvalue weighted by Crippen LogP contribution is 2.32. The summed E-state index contributed by atoms with van der Waals surface area (Å²) in [6.07, 6.45) is 1.15. The number of quaternary nitrogens is 1. The molecule has 0 bridgehead atoms. The summed E-state index contributed by atoms with van der Waals surface area (Å²) in [5.74, 6) is -0.432. The summed E-state index contributed by atoms with van der Waals surface area (Å²) in [4.78, 5) is 48.0. The molecule has 3 aliphatic rings. The summed E-state index contributed by atoms with van der Waals surface area (Å²) < 4.78 is -0.184. The van der Waals surface area contributed by atoms with Crippen molar-refractivity contribution in [3.05, 3.63) is 0 Å². The maximum atomic E-state index is 11.9. The van der Waals surface area contributed by atoms with Crippen molar-refractivity contribution >= 4 is 23.6 Å². The predicted molar refractivity (Wildman–Crippen MR) is 61.9 cm³/mol. The van der Waals surface area contributed by atoms with E-state index in [1.54, 1.807) is 5.01 Å². The summed E-state index contributed by atoms with van der Waals surface area (Å²) in [5, 5.41) is 1.77. The first kappa shape index (κ1) is 12.4. The molecule has 3 aliphatic heterocycles. The number of nitrogens with zero attached hydrogens (tertiary/aromatic N) is 3. The van der Waals surface area contributed by atoms with Gasteiger partial charge in [-0.2, -0.15) is 0 Å². The first-order valence-corrected chi connectivity index (χ1v) is 6.59. The lowest BCUT2D eigenvalue weighted by atomic mass is 10.3. The molecule has 0 N–H and O–H groups in total. The van der Waals surface area contributed by atoms with E-state index in [1.807, 2.05) is 0 Å². The maximum Gasteiger partial charge on any atom is 0.341 e. The molecule has 3 rings (SSSR count). The van der Waals surface area contributed by atoms with E-state index in [0.29, 0.717) is 32.5 Å². The van der Waals surface area contributed by atoms with Gasteiger partial charge < -0.3 is 0 Å². The van der Waals surface area contributed by atoms with E-state index in [1.165, 1.54) is 4.90 Å². The zero-order valence-corrected chi connectivity index (χ0v) is 10.6. The van der Waals surface area contributed by atoms with Crippen molar-refractivity contribution in [1.29, 1.82) is 0 Å². The van der Waals surface area contributed by atoms with Crippen LogP contribution >= 0.6 is 0 Å². The van der Waals surface area contributed by atoms with Gasteiger partial charge in [-0.3, -0.25) is 14.5 Å². The molecule has 0 aromatic heterocycles. The summed E-state index contributed by atoms with van der Waals surface area (Å²) in [6.45, 7) is 1.86. The quantitative estimate of drug-likeness (QED) is 0.485. The van der Waals surface area contributed by atoms with E-state index in [4.69, 9.17) is 0 Å². The van der Waals surface area contributed by atoms with E-state index >= 15 is 0 Å². The first-order chi connectivity index (χ1) is 9.05. The number of hydrogen-bond donors (Lipinski definition) is 0. The van der Waals surface area contributed by atoms with Gasteiger partial charge >= 0.3 is 11.8 Å². The van der Waals surface area contributed by atoms with Gasteiger partial charge in [-0.05, 0) is 0 Å². The van der Waals surface area contributed by atoms with Crippen molar-refractivity contribution in [2.75, 3.05) is 26.2 Å². The van der Waals surface area contributed by atoms with Crippen LogP contribution in [0.4, 0.5) is 0 Å². The van der Waals surface area contributed by atoms with Crippen LogP contribution in [0.5, 0.6) is 0 Å². The third kappa shape index (κ3) is 1.65. The zero-order chi connectivity index (χ0) is 13.6. The number of imide groups is 2. The van der Waals surface area contributed by atoms with Gasteiger partial charge in [-0.25, -0.2) is 9.59 Å². The van der Waals surface area contributed by atoms with Crippen molar-refractivity contribution < 1.29 is 23.8 Å². The molecule has 19 heavy (non-hydrogen) atoms. The lowest BCUT2D eigenvalue weighted by molar-refractivity contribution is -0.944. The Bertz CT molecular complexity index is 455. The van der Waals surface area contributed by atoms with Crippen molar-refractivity contribution in [3.63, 3.8) is 0 Å². The Labute approximate surface area is 110 Å². The van der Waals surface area contributed by atoms with Gasteiger partial charge in [0.2, 0.25) is 11.8 Å². The molecular weight excluding hydrogens is 250 g/mol. The third-order valence-electron chi connectivity index (χ3n) is 4.28. The smallest absolute Gasteiger partial charge is 0.281 e. The largest absolute Gasteiger partial charge is 0.341 e. The molecule has 3 heterocycles. The highest BCUT2D eigenvalue weighted by molar-refractivity contribution is 6.01. The molecule has 0 unspecified atom stereocenters. The molecule has 0 atom stereocenters. The number of hydrogen-bond acceptors (Lipinski definition) is 5. The average molecular weight is 266 g/mol. The molecule has 0 aromatic carbocycles. The summed E-state index contributed by atoms with van der Waals surface area (Å²) in [7, 11) is 0. The minimum Gasteiger partial charge on any atom is -0.281 e. The Morgan fingerprint density at radius 1 is 0.842 bits per heavy atom. The number of likely N-dealkylation sites (tertiary alicyclic amines) is 1. The number of amides is 4. The minimum absolute atomic E-state index is 0.0599. The molecule has 1 spiro atoms. The van der Waals surface area contributed by atoms with Crippen LogP contribution in [0.25, 0.3) is 0 Å². The molecule has 3 fully saturated rings. The molecule has 0 aliphatic carbocycles. The maximum absolute atomic E-state index is 11.9. The van der Waals surface area contributed by atoms with Crippen LogP contribution in [0.3, 0.4) is 0 Å². The summed E-state index contributed by atoms with van der Waals surface area (Å²) in [5.41, 5.74) is 0. The molecule has 102 valence electrons. The Hall–Kier alpha value is -1.60. The van der Waals surface area contributed by atoms with E-state index in [-0.39, 0.29) is 47.6 Å². The zero-order valence-electron chi connectivity index (χ0n) is 10.6. The fourth-order valence-electron chi connectivity index (χ4n) is 3.10. The van der Waals surface area contributed by atoms with Gasteiger partial charge in [-0.15, -0.1) is 9.60 Å². The molecule has 0 saturated carbocycles. The monoisotopic (exact) mass is 266 g/mol. The number of rotatable bonds is 3. The van der Waals surface area contributed by atoms with Gasteiger partial charge in [0.15, 0.2) is 0 Å². The highest BCUT2D eigenvalue weighted by Gasteiger charge is 2.60. The molecule has 4 amide bonds. The van der Waals surface area contributed by atoms with Crippen LogP contribution in [0, 0.1) is 0 Å². The van der Waals surface area contributed by atoms with E-state index < -0.39 is 0 Å². The van der Waals surface area contributed by atoms with Gasteiger partial charge in [0.25, 0.3) is 0 Å². The van der Waals surface area contributed by atoms with Crippen molar-refractivity contribution in [2.24, 2.45) is 0 Å². The predicted octanol–water partition coefficient (Wildman–Crippen LogP) is -0.970. The average Bonchev–Trinajstić information content (AvgIpc) is 2.83. The van der Waals surface area contributed by atoms with Crippen LogP contribution in [0.2, 0.25) is 0 Å². The van der Waals surface area contributed by atoms with E-state index in [9.17, 15) is 19.2 Å². The third-order valence-corrected chi connectivity index (χ3v) is 4.28. The van der Waals surface area contributed by atoms with Gasteiger partial charge in [-0.1, -0.05) is 0 Å². The standard InChI is InChI=1S/C12H16N3O4/c16-9-1-2-10(17)14(9)6-5-13-7-8-15(13)11(18)3-4-12(15)19/h1-8H2/q+1. The second kappa shape index (κ2) is 4.21. The SMILES string of the molecule is O=C1CCC(=O)N1CCN1CC[N+]12C(=O)CCC2=O. The fourth-order valence-corrected chi connectivity index (χ4v) is 3.10. The topological polar surface area (TPSA) is 74.8 Å². The lowest BCUT2D eigenvalue weighted by Gasteiger charge is -2.46. The van der Waals surface area contributed by atoms with E-state index in [2.05, 4.69) is 0 Å². The molecule has 7 heteroatoms. The van der Waals surface area contributed by atoms with Crippen molar-refractivity contribution in [2.45, 2.75) is 25.7 Å². The second-order valence-electron chi connectivity index (χ2n) is 5.17. The van der Waals surface area contributed by atoms with Gasteiger partial charge in [0, 0.05) is 19.4 Å². The Kier molecular flexibility index (Phi) is 2.75. The molecule has 0 aromatic rings. The summed E-state index contributed by atoms with van der Waals surface area (Å²) >= 11 is 0. The van der Waals surface area contributed by atoms with Crippen LogP contribution in [0.1, 0.15) is 25.7 Å². The Morgan fingerprint density at radius 3 is 1.89 bits per heavy atom. The molecular formula is C12H16N3O4+. The van der Waals surface area contributed by atoms with Crippen LogP contribution in [0.15, 0.2) is 0 Å². The fraction of sp³-hybridized carbons (Fsp3) is 0.667. The lowest BCUT2D eigenvalue weighted by Crippen LogP contribution is -2.75. The van der Waals surface area contributed by atoms with Crippen LogP contribution in [-0.2, 0) is 19.2 Å². The Morgan fingerprint density at radius 2 is 1.42 bits per heavy atom. The van der Waals surface area contributed by atoms with Crippen molar-refractivity contribution in [1.82, 2.24) is 9.91 Å². The van der Waals surface area contributed by atoms with E-state index in [0.717, 1.165) is 0 Å². The minimum atomic E-state index is -0.184. The van der Waals surface area contributed by atoms with Crippen LogP contribution in [-0.4, -0.2) is 64.3 Å². The highest BCUT2D eigenvalue weighted by atomic mass is 16.2. The molecule has 3 saturated heterocycles. The Balaban J connectivity index is 1.65. The van der Waals surface area contributed by atoms with Crippen LogP contribution < -0.4 is 0 Å². The van der Waals surface area contributed by atoms with Gasteiger partial charge in [0.05, 0.1) is 19.4 Å².